The normalized spacial score (nSPS) is 17.5. The first-order valence-corrected chi connectivity index (χ1v) is 7.44. The number of carbonyl (C=O) groups is 2. The van der Waals surface area contributed by atoms with Crippen molar-refractivity contribution in [3.8, 4) is 0 Å². The van der Waals surface area contributed by atoms with Crippen LogP contribution in [0.3, 0.4) is 0 Å². The predicted molar refractivity (Wildman–Crippen MR) is 89.0 cm³/mol. The molecule has 2 rings (SSSR count). The van der Waals surface area contributed by atoms with E-state index in [0.29, 0.717) is 5.56 Å². The number of thioether (sulfide) groups is 1. The maximum absolute atomic E-state index is 11.6. The zero-order valence-corrected chi connectivity index (χ0v) is 13.6. The summed E-state index contributed by atoms with van der Waals surface area (Å²) in [6, 6.07) is 3.88. The van der Waals surface area contributed by atoms with Crippen molar-refractivity contribution in [3.63, 3.8) is 0 Å². The second kappa shape index (κ2) is 7.70. The quantitative estimate of drug-likeness (QED) is 0.284. The number of amides is 1. The molecule has 0 aliphatic carbocycles. The molecular formula is C13H9ClN4O5S. The molecule has 0 radical (unpaired) electrons. The zero-order valence-electron chi connectivity index (χ0n) is 12.1. The summed E-state index contributed by atoms with van der Waals surface area (Å²) < 4.78 is 4.43. The van der Waals surface area contributed by atoms with Crippen molar-refractivity contribution < 1.29 is 19.2 Å². The number of nitro groups is 1. The lowest BCUT2D eigenvalue weighted by atomic mass is 10.2. The Morgan fingerprint density at radius 1 is 1.50 bits per heavy atom. The standard InChI is InChI=1S/C13H9ClN4O5S/c1-23-11(19)5-10-12(20)16-13(24-10)17-15-6-7-4-8(18(21)22)2-3-9(7)14/h2-6H,1H3,(H,16,17,20)/b10-5+,15-6?. The predicted octanol–water partition coefficient (Wildman–Crippen LogP) is 1.86. The highest BCUT2D eigenvalue weighted by molar-refractivity contribution is 8.18. The van der Waals surface area contributed by atoms with Crippen molar-refractivity contribution in [3.05, 3.63) is 49.9 Å². The van der Waals surface area contributed by atoms with E-state index >= 15 is 0 Å². The summed E-state index contributed by atoms with van der Waals surface area (Å²) >= 11 is 6.82. The first kappa shape index (κ1) is 17.6. The minimum absolute atomic E-state index is 0.115. The van der Waals surface area contributed by atoms with Crippen molar-refractivity contribution >= 4 is 52.3 Å². The highest BCUT2D eigenvalue weighted by Gasteiger charge is 2.25. The van der Waals surface area contributed by atoms with Crippen LogP contribution in [0, 0.1) is 10.1 Å². The monoisotopic (exact) mass is 368 g/mol. The summed E-state index contributed by atoms with van der Waals surface area (Å²) in [6.07, 6.45) is 2.25. The molecule has 1 N–H and O–H groups in total. The lowest BCUT2D eigenvalue weighted by molar-refractivity contribution is -0.384. The zero-order chi connectivity index (χ0) is 17.7. The fourth-order valence-electron chi connectivity index (χ4n) is 1.53. The Bertz CT molecular complexity index is 806. The van der Waals surface area contributed by atoms with E-state index in [1.54, 1.807) is 0 Å². The van der Waals surface area contributed by atoms with E-state index in [0.717, 1.165) is 17.8 Å². The minimum Gasteiger partial charge on any atom is -0.466 e. The smallest absolute Gasteiger partial charge is 0.331 e. The average Bonchev–Trinajstić information content (AvgIpc) is 2.88. The van der Waals surface area contributed by atoms with Crippen molar-refractivity contribution in [1.82, 2.24) is 5.32 Å². The van der Waals surface area contributed by atoms with Gasteiger partial charge in [-0.2, -0.15) is 5.10 Å². The molecule has 0 bridgehead atoms. The van der Waals surface area contributed by atoms with Crippen LogP contribution in [0.5, 0.6) is 0 Å². The third-order valence-corrected chi connectivity index (χ3v) is 3.88. The maximum Gasteiger partial charge on any atom is 0.331 e. The van der Waals surface area contributed by atoms with Crippen LogP contribution in [-0.2, 0) is 14.3 Å². The number of amidine groups is 1. The van der Waals surface area contributed by atoms with E-state index in [4.69, 9.17) is 11.6 Å². The topological polar surface area (TPSA) is 123 Å². The van der Waals surface area contributed by atoms with E-state index in [1.165, 1.54) is 31.5 Å². The molecule has 0 saturated carbocycles. The number of benzene rings is 1. The van der Waals surface area contributed by atoms with E-state index in [9.17, 15) is 19.7 Å². The van der Waals surface area contributed by atoms with Crippen LogP contribution in [0.4, 0.5) is 5.69 Å². The molecule has 0 spiro atoms. The number of rotatable bonds is 4. The van der Waals surface area contributed by atoms with Gasteiger partial charge in [-0.15, -0.1) is 5.10 Å². The first-order chi connectivity index (χ1) is 11.4. The third kappa shape index (κ3) is 4.40. The molecule has 1 aromatic carbocycles. The number of non-ortho nitro benzene ring substituents is 1. The SMILES string of the molecule is COC(=O)/C=C1/S/C(=N\N=Cc2cc([N+](=O)[O-])ccc2Cl)NC1=O. The van der Waals surface area contributed by atoms with Crippen LogP contribution in [0.15, 0.2) is 39.4 Å². The maximum atomic E-state index is 11.6. The molecule has 1 fully saturated rings. The van der Waals surface area contributed by atoms with Gasteiger partial charge in [0.05, 0.1) is 23.2 Å². The number of carbonyl (C=O) groups excluding carboxylic acids is 2. The summed E-state index contributed by atoms with van der Waals surface area (Å²) in [6.45, 7) is 0. The van der Waals surface area contributed by atoms with Crippen LogP contribution in [-0.4, -0.2) is 35.3 Å². The van der Waals surface area contributed by atoms with Crippen LogP contribution in [0.2, 0.25) is 5.02 Å². The van der Waals surface area contributed by atoms with E-state index < -0.39 is 16.8 Å². The highest BCUT2D eigenvalue weighted by Crippen LogP contribution is 2.24. The van der Waals surface area contributed by atoms with Crippen molar-refractivity contribution in [1.29, 1.82) is 0 Å². The number of methoxy groups -OCH3 is 1. The molecule has 1 saturated heterocycles. The molecule has 0 unspecified atom stereocenters. The van der Waals surface area contributed by atoms with Gasteiger partial charge in [0.1, 0.15) is 0 Å². The number of halogens is 1. The Balaban J connectivity index is 2.14. The number of nitro benzene ring substituents is 1. The van der Waals surface area contributed by atoms with Gasteiger partial charge in [0.2, 0.25) is 0 Å². The number of nitrogens with one attached hydrogen (secondary N) is 1. The molecule has 1 amide bonds. The fourth-order valence-corrected chi connectivity index (χ4v) is 2.43. The van der Waals surface area contributed by atoms with Gasteiger partial charge < -0.3 is 4.74 Å². The van der Waals surface area contributed by atoms with E-state index in [-0.39, 0.29) is 20.8 Å². The van der Waals surface area contributed by atoms with Gasteiger partial charge in [-0.3, -0.25) is 20.2 Å². The molecule has 9 nitrogen and oxygen atoms in total. The molecule has 0 aromatic heterocycles. The molecule has 1 aliphatic heterocycles. The Kier molecular flexibility index (Phi) is 5.66. The molecule has 124 valence electrons. The van der Waals surface area contributed by atoms with Gasteiger partial charge in [0.15, 0.2) is 5.17 Å². The summed E-state index contributed by atoms with van der Waals surface area (Å²) in [5.41, 5.74) is 0.162. The van der Waals surface area contributed by atoms with E-state index in [2.05, 4.69) is 20.3 Å². The van der Waals surface area contributed by atoms with Gasteiger partial charge in [0, 0.05) is 28.8 Å². The summed E-state index contributed by atoms with van der Waals surface area (Å²) in [4.78, 5) is 33.0. The summed E-state index contributed by atoms with van der Waals surface area (Å²) in [5, 5.41) is 21.0. The molecule has 1 heterocycles. The molecule has 11 heteroatoms. The van der Waals surface area contributed by atoms with Gasteiger partial charge in [-0.25, -0.2) is 4.79 Å². The molecule has 0 atom stereocenters. The number of esters is 1. The first-order valence-electron chi connectivity index (χ1n) is 6.24. The van der Waals surface area contributed by atoms with Gasteiger partial charge in [-0.1, -0.05) is 11.6 Å². The number of hydrogen-bond donors (Lipinski definition) is 1. The lowest BCUT2D eigenvalue weighted by Gasteiger charge is -1.97. The molecule has 1 aliphatic rings. The second-order valence-electron chi connectivity index (χ2n) is 4.20. The number of ether oxygens (including phenoxy) is 1. The van der Waals surface area contributed by atoms with Gasteiger partial charge in [-0.05, 0) is 17.8 Å². The number of hydrogen-bond acceptors (Lipinski definition) is 8. The van der Waals surface area contributed by atoms with Crippen molar-refractivity contribution in [2.45, 2.75) is 0 Å². The Morgan fingerprint density at radius 2 is 2.25 bits per heavy atom. The van der Waals surface area contributed by atoms with Crippen LogP contribution in [0.25, 0.3) is 0 Å². The summed E-state index contributed by atoms with van der Waals surface area (Å²) in [7, 11) is 1.19. The van der Waals surface area contributed by atoms with Crippen molar-refractivity contribution in [2.24, 2.45) is 10.2 Å². The fraction of sp³-hybridized carbons (Fsp3) is 0.0769. The van der Waals surface area contributed by atoms with E-state index in [1.807, 2.05) is 0 Å². The summed E-state index contributed by atoms with van der Waals surface area (Å²) in [5.74, 6) is -1.17. The third-order valence-electron chi connectivity index (χ3n) is 2.64. The molecule has 24 heavy (non-hydrogen) atoms. The average molecular weight is 369 g/mol. The Morgan fingerprint density at radius 3 is 2.92 bits per heavy atom. The van der Waals surface area contributed by atoms with Crippen molar-refractivity contribution in [2.75, 3.05) is 7.11 Å². The van der Waals surface area contributed by atoms with Gasteiger partial charge in [0.25, 0.3) is 11.6 Å². The highest BCUT2D eigenvalue weighted by atomic mass is 35.5. The lowest BCUT2D eigenvalue weighted by Crippen LogP contribution is -2.19. The van der Waals surface area contributed by atoms with Gasteiger partial charge >= 0.3 is 5.97 Å². The van der Waals surface area contributed by atoms with Crippen LogP contribution >= 0.6 is 23.4 Å². The molecule has 1 aromatic rings. The molecular weight excluding hydrogens is 360 g/mol. The Labute approximate surface area is 144 Å². The minimum atomic E-state index is -0.666. The largest absolute Gasteiger partial charge is 0.466 e. The van der Waals surface area contributed by atoms with Crippen LogP contribution in [0.1, 0.15) is 5.56 Å². The number of nitrogens with zero attached hydrogens (tertiary/aromatic N) is 3. The second-order valence-corrected chi connectivity index (χ2v) is 5.64. The van der Waals surface area contributed by atoms with Crippen LogP contribution < -0.4 is 5.32 Å². The Hall–Kier alpha value is -2.72.